The maximum Gasteiger partial charge on any atom is 0.0721 e. The zero-order valence-electron chi connectivity index (χ0n) is 12.2. The van der Waals surface area contributed by atoms with Crippen molar-refractivity contribution in [1.82, 2.24) is 0 Å². The van der Waals surface area contributed by atoms with E-state index in [-0.39, 0.29) is 0 Å². The average Bonchev–Trinajstić information content (AvgIpc) is 2.59. The van der Waals surface area contributed by atoms with Crippen molar-refractivity contribution < 1.29 is 14.2 Å². The predicted molar refractivity (Wildman–Crippen MR) is 83.0 cm³/mol. The summed E-state index contributed by atoms with van der Waals surface area (Å²) in [5.41, 5.74) is 2.43. The molecule has 0 bridgehead atoms. The molecule has 1 heterocycles. The molecule has 1 fully saturated rings. The molecule has 0 N–H and O–H groups in total. The van der Waals surface area contributed by atoms with Gasteiger partial charge in [0, 0.05) is 0 Å². The molecule has 0 aliphatic carbocycles. The van der Waals surface area contributed by atoms with Crippen LogP contribution in [-0.4, -0.2) is 26.4 Å². The van der Waals surface area contributed by atoms with E-state index in [0.717, 1.165) is 26.4 Å². The van der Waals surface area contributed by atoms with Crippen LogP contribution in [0.3, 0.4) is 0 Å². The van der Waals surface area contributed by atoms with Gasteiger partial charge >= 0.3 is 0 Å². The minimum atomic E-state index is 0.676. The van der Waals surface area contributed by atoms with Gasteiger partial charge in [0.15, 0.2) is 0 Å². The van der Waals surface area contributed by atoms with Crippen LogP contribution >= 0.6 is 0 Å². The molecular formula is C18H22O3. The average molecular weight is 286 g/mol. The van der Waals surface area contributed by atoms with Crippen molar-refractivity contribution in [2.24, 2.45) is 0 Å². The highest BCUT2D eigenvalue weighted by molar-refractivity contribution is 5.15. The molecule has 3 heteroatoms. The third-order valence-corrected chi connectivity index (χ3v) is 2.97. The molecule has 1 aliphatic heterocycles. The lowest BCUT2D eigenvalue weighted by atomic mass is 10.2. The second-order valence-electron chi connectivity index (χ2n) is 4.69. The van der Waals surface area contributed by atoms with Crippen molar-refractivity contribution in [2.75, 3.05) is 26.4 Å². The van der Waals surface area contributed by atoms with Crippen LogP contribution in [0.2, 0.25) is 0 Å². The monoisotopic (exact) mass is 286 g/mol. The quantitative estimate of drug-likeness (QED) is 0.861. The third-order valence-electron chi connectivity index (χ3n) is 2.97. The van der Waals surface area contributed by atoms with Crippen molar-refractivity contribution in [1.29, 1.82) is 0 Å². The zero-order chi connectivity index (χ0) is 14.6. The van der Waals surface area contributed by atoms with E-state index >= 15 is 0 Å². The summed E-state index contributed by atoms with van der Waals surface area (Å²) in [4.78, 5) is 0. The van der Waals surface area contributed by atoms with Gasteiger partial charge in [-0.25, -0.2) is 0 Å². The fourth-order valence-electron chi connectivity index (χ4n) is 1.88. The molecule has 0 radical (unpaired) electrons. The van der Waals surface area contributed by atoms with E-state index in [1.54, 1.807) is 0 Å². The maximum absolute atomic E-state index is 5.61. The second-order valence-corrected chi connectivity index (χ2v) is 4.69. The van der Waals surface area contributed by atoms with Crippen LogP contribution in [0.15, 0.2) is 60.7 Å². The van der Waals surface area contributed by atoms with E-state index in [9.17, 15) is 0 Å². The van der Waals surface area contributed by atoms with Gasteiger partial charge in [-0.1, -0.05) is 60.7 Å². The van der Waals surface area contributed by atoms with Crippen molar-refractivity contribution in [2.45, 2.75) is 13.2 Å². The second kappa shape index (κ2) is 10.1. The highest BCUT2D eigenvalue weighted by Crippen LogP contribution is 2.05. The van der Waals surface area contributed by atoms with Crippen molar-refractivity contribution in [3.05, 3.63) is 71.8 Å². The SMILES string of the molecule is C1COCCO1.c1ccc(COCc2ccccc2)cc1. The molecule has 21 heavy (non-hydrogen) atoms. The Morgan fingerprint density at radius 2 is 1.00 bits per heavy atom. The van der Waals surface area contributed by atoms with Gasteiger partial charge < -0.3 is 14.2 Å². The lowest BCUT2D eigenvalue weighted by Gasteiger charge is -2.09. The Hall–Kier alpha value is -1.68. The van der Waals surface area contributed by atoms with Crippen LogP contribution < -0.4 is 0 Å². The molecular weight excluding hydrogens is 264 g/mol. The van der Waals surface area contributed by atoms with Crippen molar-refractivity contribution >= 4 is 0 Å². The molecule has 0 unspecified atom stereocenters. The molecule has 3 rings (SSSR count). The molecule has 0 amide bonds. The van der Waals surface area contributed by atoms with Crippen LogP contribution in [0.25, 0.3) is 0 Å². The first-order valence-electron chi connectivity index (χ1n) is 7.26. The number of hydrogen-bond acceptors (Lipinski definition) is 3. The van der Waals surface area contributed by atoms with E-state index in [1.165, 1.54) is 11.1 Å². The van der Waals surface area contributed by atoms with Crippen LogP contribution in [0.5, 0.6) is 0 Å². The fraction of sp³-hybridized carbons (Fsp3) is 0.333. The van der Waals surface area contributed by atoms with Gasteiger partial charge in [-0.05, 0) is 11.1 Å². The van der Waals surface area contributed by atoms with Gasteiger partial charge in [0.1, 0.15) is 0 Å². The predicted octanol–water partition coefficient (Wildman–Crippen LogP) is 3.44. The van der Waals surface area contributed by atoms with Gasteiger partial charge in [-0.3, -0.25) is 0 Å². The lowest BCUT2D eigenvalue weighted by molar-refractivity contribution is -0.0334. The van der Waals surface area contributed by atoms with Gasteiger partial charge in [0.05, 0.1) is 39.6 Å². The normalized spacial score (nSPS) is 14.1. The van der Waals surface area contributed by atoms with Gasteiger partial charge in [-0.15, -0.1) is 0 Å². The summed E-state index contributed by atoms with van der Waals surface area (Å²) >= 11 is 0. The Kier molecular flexibility index (Phi) is 7.56. The Morgan fingerprint density at radius 1 is 0.619 bits per heavy atom. The van der Waals surface area contributed by atoms with Crippen LogP contribution in [0, 0.1) is 0 Å². The molecule has 1 saturated heterocycles. The van der Waals surface area contributed by atoms with E-state index in [4.69, 9.17) is 14.2 Å². The highest BCUT2D eigenvalue weighted by Gasteiger charge is 1.94. The summed E-state index contributed by atoms with van der Waals surface area (Å²) in [5.74, 6) is 0. The van der Waals surface area contributed by atoms with E-state index in [2.05, 4.69) is 24.3 Å². The maximum atomic E-state index is 5.61. The molecule has 1 aliphatic rings. The van der Waals surface area contributed by atoms with Crippen LogP contribution in [0.1, 0.15) is 11.1 Å². The van der Waals surface area contributed by atoms with Gasteiger partial charge in [-0.2, -0.15) is 0 Å². The number of benzene rings is 2. The molecule has 0 saturated carbocycles. The Balaban J connectivity index is 0.000000225. The molecule has 3 nitrogen and oxygen atoms in total. The number of rotatable bonds is 4. The van der Waals surface area contributed by atoms with Gasteiger partial charge in [0.25, 0.3) is 0 Å². The summed E-state index contributed by atoms with van der Waals surface area (Å²) in [6, 6.07) is 20.4. The van der Waals surface area contributed by atoms with Crippen LogP contribution in [0.4, 0.5) is 0 Å². The van der Waals surface area contributed by atoms with Gasteiger partial charge in [0.2, 0.25) is 0 Å². The lowest BCUT2D eigenvalue weighted by Crippen LogP contribution is -2.16. The van der Waals surface area contributed by atoms with E-state index in [1.807, 2.05) is 36.4 Å². The summed E-state index contributed by atoms with van der Waals surface area (Å²) in [6.07, 6.45) is 0. The molecule has 112 valence electrons. The smallest absolute Gasteiger partial charge is 0.0721 e. The standard InChI is InChI=1S/C14H14O.C4H8O2/c1-3-7-13(8-4-1)11-15-12-14-9-5-2-6-10-14;1-2-6-4-3-5-1/h1-10H,11-12H2;1-4H2. The third kappa shape index (κ3) is 7.04. The summed E-state index contributed by atoms with van der Waals surface area (Å²) in [5, 5.41) is 0. The number of hydrogen-bond donors (Lipinski definition) is 0. The first kappa shape index (κ1) is 15.7. The Morgan fingerprint density at radius 3 is 1.33 bits per heavy atom. The first-order chi connectivity index (χ1) is 10.4. The molecule has 0 atom stereocenters. The largest absolute Gasteiger partial charge is 0.377 e. The molecule has 0 spiro atoms. The summed E-state index contributed by atoms with van der Waals surface area (Å²) in [6.45, 7) is 4.46. The first-order valence-corrected chi connectivity index (χ1v) is 7.26. The van der Waals surface area contributed by atoms with Crippen molar-refractivity contribution in [3.8, 4) is 0 Å². The minimum Gasteiger partial charge on any atom is -0.377 e. The fourth-order valence-corrected chi connectivity index (χ4v) is 1.88. The summed E-state index contributed by atoms with van der Waals surface area (Å²) in [7, 11) is 0. The topological polar surface area (TPSA) is 27.7 Å². The number of ether oxygens (including phenoxy) is 3. The summed E-state index contributed by atoms with van der Waals surface area (Å²) < 4.78 is 15.5. The molecule has 2 aromatic rings. The van der Waals surface area contributed by atoms with E-state index < -0.39 is 0 Å². The zero-order valence-corrected chi connectivity index (χ0v) is 12.2. The molecule has 2 aromatic carbocycles. The molecule has 0 aromatic heterocycles. The highest BCUT2D eigenvalue weighted by atomic mass is 16.6. The Bertz CT molecular complexity index is 415. The Labute approximate surface area is 126 Å². The van der Waals surface area contributed by atoms with E-state index in [0.29, 0.717) is 13.2 Å². The van der Waals surface area contributed by atoms with Crippen molar-refractivity contribution in [3.63, 3.8) is 0 Å². The van der Waals surface area contributed by atoms with Crippen LogP contribution in [-0.2, 0) is 27.4 Å². The minimum absolute atomic E-state index is 0.676.